The van der Waals surface area contributed by atoms with Crippen LogP contribution in [0.15, 0.2) is 83.8 Å². The van der Waals surface area contributed by atoms with Gasteiger partial charge in [0, 0.05) is 0 Å². The molecule has 1 aliphatic heterocycles. The third-order valence-corrected chi connectivity index (χ3v) is 6.46. The second-order valence-electron chi connectivity index (χ2n) is 6.47. The van der Waals surface area contributed by atoms with E-state index in [-0.39, 0.29) is 6.04 Å². The zero-order valence-corrected chi connectivity index (χ0v) is 15.3. The monoisotopic (exact) mass is 364 g/mol. The first-order chi connectivity index (χ1) is 12.6. The van der Waals surface area contributed by atoms with E-state index in [1.165, 1.54) is 4.31 Å². The molecule has 0 saturated heterocycles. The molecule has 0 spiro atoms. The molecule has 3 aromatic rings. The second kappa shape index (κ2) is 6.50. The van der Waals surface area contributed by atoms with E-state index in [1.54, 1.807) is 12.1 Å². The lowest BCUT2D eigenvalue weighted by atomic mass is 10.0. The minimum absolute atomic E-state index is 0.105. The van der Waals surface area contributed by atoms with Crippen molar-refractivity contribution in [3.63, 3.8) is 0 Å². The molecule has 0 radical (unpaired) electrons. The van der Waals surface area contributed by atoms with Crippen molar-refractivity contribution in [2.45, 2.75) is 17.9 Å². The average molecular weight is 364 g/mol. The van der Waals surface area contributed by atoms with Crippen molar-refractivity contribution in [2.24, 2.45) is 0 Å². The Kier molecular flexibility index (Phi) is 4.17. The number of rotatable bonds is 3. The number of nitrogens with zero attached hydrogens (tertiary/aromatic N) is 1. The standard InChI is InChI=1S/C21H20N2O2S/c1-16-11-13-18(14-12-16)26(24,25)23-15-20(17-7-3-2-4-8-17)22-19-9-5-6-10-21(19)23/h2-14,20,22H,15H2,1H3. The van der Waals surface area contributed by atoms with Crippen molar-refractivity contribution >= 4 is 21.4 Å². The van der Waals surface area contributed by atoms with Crippen molar-refractivity contribution in [3.05, 3.63) is 90.0 Å². The van der Waals surface area contributed by atoms with Gasteiger partial charge in [0.15, 0.2) is 0 Å². The number of aryl methyl sites for hydroxylation is 1. The molecular formula is C21H20N2O2S. The van der Waals surface area contributed by atoms with Gasteiger partial charge in [0.2, 0.25) is 0 Å². The molecule has 1 heterocycles. The first-order valence-electron chi connectivity index (χ1n) is 8.55. The fourth-order valence-electron chi connectivity index (χ4n) is 3.25. The van der Waals surface area contributed by atoms with E-state index in [1.807, 2.05) is 73.7 Å². The van der Waals surface area contributed by atoms with Crippen LogP contribution in [0.4, 0.5) is 11.4 Å². The summed E-state index contributed by atoms with van der Waals surface area (Å²) in [6, 6.07) is 24.4. The Morgan fingerprint density at radius 3 is 2.27 bits per heavy atom. The predicted octanol–water partition coefficient (Wildman–Crippen LogP) is 4.36. The number of sulfonamides is 1. The molecule has 4 nitrogen and oxygen atoms in total. The van der Waals surface area contributed by atoms with Crippen LogP contribution < -0.4 is 9.62 Å². The Morgan fingerprint density at radius 2 is 1.54 bits per heavy atom. The van der Waals surface area contributed by atoms with Gasteiger partial charge in [-0.15, -0.1) is 0 Å². The fourth-order valence-corrected chi connectivity index (χ4v) is 4.75. The molecule has 0 amide bonds. The van der Waals surface area contributed by atoms with E-state index in [0.29, 0.717) is 17.1 Å². The fraction of sp³-hybridized carbons (Fsp3) is 0.143. The Labute approximate surface area is 154 Å². The van der Waals surface area contributed by atoms with Gasteiger partial charge in [0.05, 0.1) is 28.9 Å². The van der Waals surface area contributed by atoms with Gasteiger partial charge >= 0.3 is 0 Å². The van der Waals surface area contributed by atoms with E-state index in [4.69, 9.17) is 0 Å². The third-order valence-electron chi connectivity index (χ3n) is 4.66. The van der Waals surface area contributed by atoms with Crippen molar-refractivity contribution in [2.75, 3.05) is 16.2 Å². The van der Waals surface area contributed by atoms with Gasteiger partial charge in [0.25, 0.3) is 10.0 Å². The van der Waals surface area contributed by atoms with Gasteiger partial charge in [-0.3, -0.25) is 4.31 Å². The molecule has 132 valence electrons. The van der Waals surface area contributed by atoms with E-state index >= 15 is 0 Å². The highest BCUT2D eigenvalue weighted by Gasteiger charge is 2.33. The normalized spacial score (nSPS) is 16.7. The van der Waals surface area contributed by atoms with Crippen LogP contribution in [0.3, 0.4) is 0 Å². The SMILES string of the molecule is Cc1ccc(S(=O)(=O)N2CC(c3ccccc3)Nc3ccccc32)cc1. The highest BCUT2D eigenvalue weighted by molar-refractivity contribution is 7.92. The number of para-hydroxylation sites is 2. The molecule has 0 bridgehead atoms. The van der Waals surface area contributed by atoms with E-state index in [2.05, 4.69) is 5.32 Å². The quantitative estimate of drug-likeness (QED) is 0.751. The summed E-state index contributed by atoms with van der Waals surface area (Å²) in [4.78, 5) is 0.312. The van der Waals surface area contributed by atoms with Crippen LogP contribution in [-0.2, 0) is 10.0 Å². The first kappa shape index (κ1) is 16.7. The van der Waals surface area contributed by atoms with Crippen molar-refractivity contribution in [1.82, 2.24) is 0 Å². The van der Waals surface area contributed by atoms with Crippen molar-refractivity contribution in [1.29, 1.82) is 0 Å². The summed E-state index contributed by atoms with van der Waals surface area (Å²) in [6.45, 7) is 2.29. The lowest BCUT2D eigenvalue weighted by molar-refractivity contribution is 0.585. The van der Waals surface area contributed by atoms with Gasteiger partial charge in [-0.05, 0) is 36.8 Å². The third kappa shape index (κ3) is 2.95. The topological polar surface area (TPSA) is 49.4 Å². The van der Waals surface area contributed by atoms with Gasteiger partial charge in [-0.1, -0.05) is 60.2 Å². The minimum atomic E-state index is -3.64. The lowest BCUT2D eigenvalue weighted by Gasteiger charge is -2.36. The highest BCUT2D eigenvalue weighted by Crippen LogP contribution is 2.38. The summed E-state index contributed by atoms with van der Waals surface area (Å²) in [6.07, 6.45) is 0. The van der Waals surface area contributed by atoms with E-state index in [0.717, 1.165) is 16.8 Å². The summed E-state index contributed by atoms with van der Waals surface area (Å²) in [5.74, 6) is 0. The van der Waals surface area contributed by atoms with Crippen molar-refractivity contribution < 1.29 is 8.42 Å². The number of hydrogen-bond acceptors (Lipinski definition) is 3. The van der Waals surface area contributed by atoms with Crippen LogP contribution >= 0.6 is 0 Å². The second-order valence-corrected chi connectivity index (χ2v) is 8.34. The summed E-state index contributed by atoms with van der Waals surface area (Å²) in [5.41, 5.74) is 3.60. The molecular weight excluding hydrogens is 344 g/mol. The molecule has 0 aliphatic carbocycles. The van der Waals surface area contributed by atoms with Gasteiger partial charge in [0.1, 0.15) is 0 Å². The number of benzene rings is 3. The number of fused-ring (bicyclic) bond motifs is 1. The lowest BCUT2D eigenvalue weighted by Crippen LogP contribution is -2.40. The zero-order valence-electron chi connectivity index (χ0n) is 14.5. The molecule has 1 atom stereocenters. The minimum Gasteiger partial charge on any atom is -0.375 e. The maximum Gasteiger partial charge on any atom is 0.264 e. The molecule has 0 saturated carbocycles. The maximum absolute atomic E-state index is 13.3. The van der Waals surface area contributed by atoms with Crippen LogP contribution in [-0.4, -0.2) is 15.0 Å². The molecule has 1 N–H and O–H groups in total. The van der Waals surface area contributed by atoms with Crippen LogP contribution in [0.1, 0.15) is 17.2 Å². The molecule has 0 aromatic heterocycles. The van der Waals surface area contributed by atoms with Gasteiger partial charge in [-0.2, -0.15) is 0 Å². The summed E-state index contributed by atoms with van der Waals surface area (Å²) in [5, 5.41) is 3.47. The predicted molar refractivity (Wildman–Crippen MR) is 105 cm³/mol. The van der Waals surface area contributed by atoms with Crippen molar-refractivity contribution in [3.8, 4) is 0 Å². The van der Waals surface area contributed by atoms with Crippen LogP contribution in [0.25, 0.3) is 0 Å². The number of anilines is 2. The highest BCUT2D eigenvalue weighted by atomic mass is 32.2. The Balaban J connectivity index is 1.80. The molecule has 4 rings (SSSR count). The van der Waals surface area contributed by atoms with Gasteiger partial charge < -0.3 is 5.32 Å². The molecule has 5 heteroatoms. The number of nitrogens with one attached hydrogen (secondary N) is 1. The van der Waals surface area contributed by atoms with E-state index < -0.39 is 10.0 Å². The zero-order chi connectivity index (χ0) is 18.1. The first-order valence-corrected chi connectivity index (χ1v) is 9.99. The molecule has 1 aliphatic rings. The maximum atomic E-state index is 13.3. The molecule has 26 heavy (non-hydrogen) atoms. The average Bonchev–Trinajstić information content (AvgIpc) is 2.68. The van der Waals surface area contributed by atoms with Crippen LogP contribution in [0, 0.1) is 6.92 Å². The summed E-state index contributed by atoms with van der Waals surface area (Å²) < 4.78 is 28.2. The smallest absolute Gasteiger partial charge is 0.264 e. The summed E-state index contributed by atoms with van der Waals surface area (Å²) >= 11 is 0. The molecule has 1 unspecified atom stereocenters. The molecule has 3 aromatic carbocycles. The van der Waals surface area contributed by atoms with Crippen LogP contribution in [0.5, 0.6) is 0 Å². The van der Waals surface area contributed by atoms with E-state index in [9.17, 15) is 8.42 Å². The Bertz CT molecular complexity index is 1020. The van der Waals surface area contributed by atoms with Gasteiger partial charge in [-0.25, -0.2) is 8.42 Å². The Morgan fingerprint density at radius 1 is 0.885 bits per heavy atom. The number of hydrogen-bond donors (Lipinski definition) is 1. The molecule has 0 fully saturated rings. The van der Waals surface area contributed by atoms with Crippen LogP contribution in [0.2, 0.25) is 0 Å². The summed E-state index contributed by atoms with van der Waals surface area (Å²) in [7, 11) is -3.64. The Hall–Kier alpha value is -2.79. The largest absolute Gasteiger partial charge is 0.375 e.